The number of benzene rings is 2. The van der Waals surface area contributed by atoms with Gasteiger partial charge in [0.1, 0.15) is 5.75 Å². The topological polar surface area (TPSA) is 135 Å². The lowest BCUT2D eigenvalue weighted by atomic mass is 9.94. The molecule has 2 fully saturated rings. The Morgan fingerprint density at radius 3 is 2.45 bits per heavy atom. The van der Waals surface area contributed by atoms with Gasteiger partial charge in [0.2, 0.25) is 11.7 Å². The highest BCUT2D eigenvalue weighted by molar-refractivity contribution is 7.93. The van der Waals surface area contributed by atoms with Crippen molar-refractivity contribution in [3.63, 3.8) is 0 Å². The summed E-state index contributed by atoms with van der Waals surface area (Å²) in [7, 11) is -4.05. The summed E-state index contributed by atoms with van der Waals surface area (Å²) in [5.74, 6) is 0.702. The number of ether oxygens (including phenoxy) is 1. The van der Waals surface area contributed by atoms with Crippen LogP contribution in [0.5, 0.6) is 5.75 Å². The van der Waals surface area contributed by atoms with Gasteiger partial charge in [0.15, 0.2) is 14.6 Å². The van der Waals surface area contributed by atoms with Crippen molar-refractivity contribution in [3.8, 4) is 17.1 Å². The first-order valence-corrected chi connectivity index (χ1v) is 14.4. The number of aromatic nitrogens is 2. The number of carbonyl (C=O) groups is 1. The Labute approximate surface area is 221 Å². The predicted octanol–water partition coefficient (Wildman–Crippen LogP) is 3.33. The number of carbonyl (C=O) groups excluding carboxylic acids is 1. The van der Waals surface area contributed by atoms with Crippen LogP contribution in [-0.4, -0.2) is 65.1 Å². The van der Waals surface area contributed by atoms with E-state index in [4.69, 9.17) is 9.26 Å². The minimum absolute atomic E-state index is 0.0304. The number of sulfone groups is 1. The molecular weight excluding hydrogens is 508 g/mol. The highest BCUT2D eigenvalue weighted by atomic mass is 32.2. The van der Waals surface area contributed by atoms with E-state index in [1.54, 1.807) is 17.6 Å². The van der Waals surface area contributed by atoms with Crippen molar-refractivity contribution in [2.45, 2.75) is 61.1 Å². The smallest absolute Gasteiger partial charge is 0.265 e. The Hall–Kier alpha value is -3.28. The zero-order chi connectivity index (χ0) is 26.8. The SMILES string of the molecule is Cc1ccc(-c2noc(CCCOc3ccc(S(=O)(=O)C4(C(=O)NO)CCN(C5CC5)CC4)cc3)n2)cc1. The molecule has 0 radical (unpaired) electrons. The summed E-state index contributed by atoms with van der Waals surface area (Å²) in [6, 6.07) is 14.4. The van der Waals surface area contributed by atoms with Crippen LogP contribution in [0.2, 0.25) is 0 Å². The first kappa shape index (κ1) is 26.3. The van der Waals surface area contributed by atoms with Crippen LogP contribution in [0, 0.1) is 6.92 Å². The molecule has 1 aliphatic carbocycles. The molecule has 0 spiro atoms. The monoisotopic (exact) mass is 540 g/mol. The second-order valence-corrected chi connectivity index (χ2v) is 12.3. The Morgan fingerprint density at radius 2 is 1.82 bits per heavy atom. The number of rotatable bonds is 10. The van der Waals surface area contributed by atoms with Gasteiger partial charge in [-0.3, -0.25) is 10.0 Å². The molecule has 2 aromatic carbocycles. The van der Waals surface area contributed by atoms with Crippen LogP contribution in [0.25, 0.3) is 11.4 Å². The van der Waals surface area contributed by atoms with E-state index in [9.17, 15) is 18.4 Å². The van der Waals surface area contributed by atoms with Gasteiger partial charge in [0.25, 0.3) is 5.91 Å². The number of hydrogen-bond donors (Lipinski definition) is 2. The lowest BCUT2D eigenvalue weighted by Crippen LogP contribution is -2.58. The van der Waals surface area contributed by atoms with Crippen LogP contribution in [0.1, 0.15) is 43.6 Å². The van der Waals surface area contributed by atoms with Gasteiger partial charge in [-0.25, -0.2) is 13.9 Å². The first-order valence-electron chi connectivity index (χ1n) is 12.9. The zero-order valence-electron chi connectivity index (χ0n) is 21.3. The van der Waals surface area contributed by atoms with E-state index in [2.05, 4.69) is 15.0 Å². The van der Waals surface area contributed by atoms with Crippen molar-refractivity contribution in [2.75, 3.05) is 19.7 Å². The van der Waals surface area contributed by atoms with Gasteiger partial charge in [0.05, 0.1) is 11.5 Å². The molecule has 1 amide bonds. The molecule has 0 unspecified atom stereocenters. The van der Waals surface area contributed by atoms with Gasteiger partial charge in [-0.1, -0.05) is 35.0 Å². The third-order valence-corrected chi connectivity index (χ3v) is 9.93. The Morgan fingerprint density at radius 1 is 1.13 bits per heavy atom. The lowest BCUT2D eigenvalue weighted by Gasteiger charge is -2.39. The number of amides is 1. The summed E-state index contributed by atoms with van der Waals surface area (Å²) in [6.45, 7) is 3.40. The van der Waals surface area contributed by atoms with Crippen LogP contribution in [0.3, 0.4) is 0 Å². The van der Waals surface area contributed by atoms with Crippen LogP contribution < -0.4 is 10.2 Å². The van der Waals surface area contributed by atoms with Crippen molar-refractivity contribution in [1.82, 2.24) is 20.5 Å². The maximum absolute atomic E-state index is 13.6. The van der Waals surface area contributed by atoms with E-state index in [0.717, 1.165) is 24.0 Å². The van der Waals surface area contributed by atoms with Crippen LogP contribution >= 0.6 is 0 Å². The van der Waals surface area contributed by atoms with Gasteiger partial charge in [0, 0.05) is 31.1 Å². The molecule has 2 N–H and O–H groups in total. The highest BCUT2D eigenvalue weighted by Crippen LogP contribution is 2.39. The maximum Gasteiger partial charge on any atom is 0.265 e. The minimum Gasteiger partial charge on any atom is -0.494 e. The largest absolute Gasteiger partial charge is 0.494 e. The molecule has 11 heteroatoms. The third-order valence-electron chi connectivity index (χ3n) is 7.41. The average Bonchev–Trinajstić information content (AvgIpc) is 3.69. The Balaban J connectivity index is 1.17. The van der Waals surface area contributed by atoms with E-state index in [1.807, 2.05) is 31.2 Å². The second kappa shape index (κ2) is 10.8. The lowest BCUT2D eigenvalue weighted by molar-refractivity contribution is -0.133. The molecule has 1 aromatic heterocycles. The van der Waals surface area contributed by atoms with Crippen molar-refractivity contribution < 1.29 is 27.7 Å². The average molecular weight is 541 g/mol. The summed E-state index contributed by atoms with van der Waals surface area (Å²) in [6.07, 6.45) is 3.66. The summed E-state index contributed by atoms with van der Waals surface area (Å²) in [5.41, 5.74) is 3.65. The molecule has 0 atom stereocenters. The highest BCUT2D eigenvalue weighted by Gasteiger charge is 2.54. The van der Waals surface area contributed by atoms with Gasteiger partial charge in [-0.2, -0.15) is 4.98 Å². The molecule has 1 aliphatic heterocycles. The number of nitrogens with one attached hydrogen (secondary N) is 1. The summed E-state index contributed by atoms with van der Waals surface area (Å²) in [5, 5.41) is 13.4. The fourth-order valence-corrected chi connectivity index (χ4v) is 6.90. The normalized spacial score (nSPS) is 17.7. The minimum atomic E-state index is -4.05. The van der Waals surface area contributed by atoms with Crippen LogP contribution in [0.15, 0.2) is 57.9 Å². The second-order valence-electron chi connectivity index (χ2n) is 10.0. The van der Waals surface area contributed by atoms with Gasteiger partial charge >= 0.3 is 0 Å². The molecular formula is C27H32N4O6S. The molecule has 1 saturated heterocycles. The van der Waals surface area contributed by atoms with Crippen molar-refractivity contribution >= 4 is 15.7 Å². The quantitative estimate of drug-likeness (QED) is 0.225. The van der Waals surface area contributed by atoms with Crippen LogP contribution in [-0.2, 0) is 21.1 Å². The third kappa shape index (κ3) is 5.31. The number of piperidine rings is 1. The molecule has 2 aliphatic rings. The van der Waals surface area contributed by atoms with E-state index in [-0.39, 0.29) is 17.7 Å². The molecule has 5 rings (SSSR count). The number of nitrogens with zero attached hydrogens (tertiary/aromatic N) is 3. The van der Waals surface area contributed by atoms with E-state index < -0.39 is 20.5 Å². The molecule has 38 heavy (non-hydrogen) atoms. The van der Waals surface area contributed by atoms with Crippen molar-refractivity contribution in [3.05, 3.63) is 60.0 Å². The summed E-state index contributed by atoms with van der Waals surface area (Å²) in [4.78, 5) is 19.3. The molecule has 0 bridgehead atoms. The van der Waals surface area contributed by atoms with Gasteiger partial charge < -0.3 is 14.2 Å². The Bertz CT molecular complexity index is 1360. The number of hydroxylamine groups is 1. The first-order chi connectivity index (χ1) is 18.3. The fourth-order valence-electron chi connectivity index (χ4n) is 4.94. The fraction of sp³-hybridized carbons (Fsp3) is 0.444. The number of aryl methyl sites for hydroxylation is 2. The predicted molar refractivity (Wildman–Crippen MR) is 138 cm³/mol. The molecule has 10 nitrogen and oxygen atoms in total. The maximum atomic E-state index is 13.6. The number of likely N-dealkylation sites (tertiary alicyclic amines) is 1. The van der Waals surface area contributed by atoms with E-state index >= 15 is 0 Å². The van der Waals surface area contributed by atoms with Crippen LogP contribution in [0.4, 0.5) is 0 Å². The Kier molecular flexibility index (Phi) is 7.51. The summed E-state index contributed by atoms with van der Waals surface area (Å²) >= 11 is 0. The van der Waals surface area contributed by atoms with Gasteiger partial charge in [-0.15, -0.1) is 0 Å². The molecule has 202 valence electrons. The summed E-state index contributed by atoms with van der Waals surface area (Å²) < 4.78 is 36.6. The zero-order valence-corrected chi connectivity index (χ0v) is 22.1. The van der Waals surface area contributed by atoms with E-state index in [0.29, 0.717) is 56.0 Å². The standard InChI is InChI=1S/C27H32N4O6S/c1-19-4-6-20(7-5-19)25-28-24(37-30-25)3-2-18-36-22-10-12-23(13-11-22)38(34,35)27(26(32)29-33)14-16-31(17-15-27)21-8-9-21/h4-7,10-13,21,33H,2-3,8-9,14-18H2,1H3,(H,29,32). The molecule has 3 aromatic rings. The number of hydrogen-bond acceptors (Lipinski definition) is 9. The van der Waals surface area contributed by atoms with E-state index in [1.165, 1.54) is 12.1 Å². The van der Waals surface area contributed by atoms with Crippen molar-refractivity contribution in [2.24, 2.45) is 0 Å². The van der Waals surface area contributed by atoms with Crippen molar-refractivity contribution in [1.29, 1.82) is 0 Å². The molecule has 2 heterocycles. The molecule has 1 saturated carbocycles. The van der Waals surface area contributed by atoms with Gasteiger partial charge in [-0.05, 0) is 63.3 Å².